The zero-order valence-electron chi connectivity index (χ0n) is 14.8. The average Bonchev–Trinajstić information content (AvgIpc) is 3.30. The molecule has 0 saturated heterocycles. The molecule has 2 aromatic heterocycles. The number of hydrogen-bond acceptors (Lipinski definition) is 3. The Balaban J connectivity index is 0.000000420. The Morgan fingerprint density at radius 3 is 1.58 bits per heavy atom. The lowest BCUT2D eigenvalue weighted by molar-refractivity contribution is -0.137. The summed E-state index contributed by atoms with van der Waals surface area (Å²) < 4.78 is 0. The molecule has 2 aromatic rings. The van der Waals surface area contributed by atoms with E-state index in [1.807, 2.05) is 0 Å². The standard InChI is InChI=1S/C12H24O2.2C3H4N2/c1-2-3-4-5-6-7-8-9-10-11-12(13)14;2*1-2-5-3-4-1/h2-11H2,1H3,(H,13,14);2*1-3H,(H,4,5). The van der Waals surface area contributed by atoms with Crippen molar-refractivity contribution in [3.8, 4) is 0 Å². The van der Waals surface area contributed by atoms with Gasteiger partial charge in [-0.3, -0.25) is 4.79 Å². The van der Waals surface area contributed by atoms with Crippen LogP contribution in [0.5, 0.6) is 0 Å². The monoisotopic (exact) mass is 336 g/mol. The molecule has 0 saturated carbocycles. The van der Waals surface area contributed by atoms with E-state index in [0.717, 1.165) is 12.8 Å². The summed E-state index contributed by atoms with van der Waals surface area (Å²) in [6.45, 7) is 2.23. The van der Waals surface area contributed by atoms with Gasteiger partial charge in [0.2, 0.25) is 0 Å². The molecule has 0 aliphatic carbocycles. The van der Waals surface area contributed by atoms with E-state index in [0.29, 0.717) is 6.42 Å². The van der Waals surface area contributed by atoms with E-state index in [1.54, 1.807) is 37.4 Å². The lowest BCUT2D eigenvalue weighted by atomic mass is 10.1. The van der Waals surface area contributed by atoms with Crippen LogP contribution in [0, 0.1) is 0 Å². The zero-order valence-corrected chi connectivity index (χ0v) is 14.8. The molecule has 3 N–H and O–H groups in total. The number of rotatable bonds is 10. The van der Waals surface area contributed by atoms with Crippen LogP contribution >= 0.6 is 0 Å². The second-order valence-corrected chi connectivity index (χ2v) is 5.49. The summed E-state index contributed by atoms with van der Waals surface area (Å²) in [7, 11) is 0. The maximum absolute atomic E-state index is 10.2. The SMILES string of the molecule is CCCCCCCCCCCC(=O)O.c1c[nH]cn1.c1c[nH]cn1. The van der Waals surface area contributed by atoms with Gasteiger partial charge in [0.15, 0.2) is 0 Å². The molecular formula is C18H32N4O2. The second kappa shape index (κ2) is 18.9. The summed E-state index contributed by atoms with van der Waals surface area (Å²) in [5, 5.41) is 8.41. The van der Waals surface area contributed by atoms with Crippen LogP contribution in [0.3, 0.4) is 0 Å². The number of H-pyrrole nitrogens is 2. The summed E-state index contributed by atoms with van der Waals surface area (Å²) in [6, 6.07) is 0. The van der Waals surface area contributed by atoms with Gasteiger partial charge in [0.25, 0.3) is 0 Å². The Hall–Kier alpha value is -2.11. The van der Waals surface area contributed by atoms with E-state index >= 15 is 0 Å². The number of imidazole rings is 2. The van der Waals surface area contributed by atoms with Gasteiger partial charge in [-0.2, -0.15) is 0 Å². The maximum atomic E-state index is 10.2. The predicted octanol–water partition coefficient (Wildman–Crippen LogP) is 4.81. The number of carboxylic acid groups (broad SMARTS) is 1. The molecule has 2 rings (SSSR count). The molecule has 0 atom stereocenters. The number of aromatic nitrogens is 4. The second-order valence-electron chi connectivity index (χ2n) is 5.49. The highest BCUT2D eigenvalue weighted by Gasteiger charge is 1.96. The van der Waals surface area contributed by atoms with Crippen LogP contribution < -0.4 is 0 Å². The minimum Gasteiger partial charge on any atom is -0.481 e. The van der Waals surface area contributed by atoms with Crippen molar-refractivity contribution in [2.24, 2.45) is 0 Å². The Labute approximate surface area is 145 Å². The number of unbranched alkanes of at least 4 members (excludes halogenated alkanes) is 8. The first-order valence-corrected chi connectivity index (χ1v) is 8.84. The van der Waals surface area contributed by atoms with Crippen molar-refractivity contribution in [2.45, 2.75) is 71.1 Å². The van der Waals surface area contributed by atoms with Gasteiger partial charge in [0.1, 0.15) is 0 Å². The zero-order chi connectivity index (χ0) is 17.7. The highest BCUT2D eigenvalue weighted by molar-refractivity contribution is 5.66. The molecule has 0 aliphatic heterocycles. The molecule has 0 spiro atoms. The topological polar surface area (TPSA) is 94.7 Å². The first-order valence-electron chi connectivity index (χ1n) is 8.84. The lowest BCUT2D eigenvalue weighted by Gasteiger charge is -2.00. The highest BCUT2D eigenvalue weighted by Crippen LogP contribution is 2.10. The van der Waals surface area contributed by atoms with E-state index < -0.39 is 5.97 Å². The molecule has 24 heavy (non-hydrogen) atoms. The summed E-state index contributed by atoms with van der Waals surface area (Å²) >= 11 is 0. The fraction of sp³-hybridized carbons (Fsp3) is 0.611. The Bertz CT molecular complexity index is 369. The number of carboxylic acids is 1. The van der Waals surface area contributed by atoms with Gasteiger partial charge < -0.3 is 15.1 Å². The van der Waals surface area contributed by atoms with E-state index in [-0.39, 0.29) is 0 Å². The number of nitrogens with one attached hydrogen (secondary N) is 2. The van der Waals surface area contributed by atoms with Crippen molar-refractivity contribution < 1.29 is 9.90 Å². The van der Waals surface area contributed by atoms with E-state index in [9.17, 15) is 4.79 Å². The Morgan fingerprint density at radius 1 is 0.833 bits per heavy atom. The molecule has 6 heteroatoms. The van der Waals surface area contributed by atoms with E-state index in [4.69, 9.17) is 5.11 Å². The van der Waals surface area contributed by atoms with Gasteiger partial charge in [0.05, 0.1) is 12.7 Å². The number of aliphatic carboxylic acids is 1. The quantitative estimate of drug-likeness (QED) is 0.542. The van der Waals surface area contributed by atoms with Crippen molar-refractivity contribution in [1.82, 2.24) is 19.9 Å². The molecule has 0 aromatic carbocycles. The first-order chi connectivity index (χ1) is 11.8. The summed E-state index contributed by atoms with van der Waals surface area (Å²) in [6.07, 6.45) is 21.6. The molecule has 0 amide bonds. The van der Waals surface area contributed by atoms with Crippen molar-refractivity contribution >= 4 is 5.97 Å². The van der Waals surface area contributed by atoms with E-state index in [2.05, 4.69) is 26.9 Å². The molecule has 0 fully saturated rings. The van der Waals surface area contributed by atoms with Crippen LogP contribution in [0.1, 0.15) is 71.1 Å². The maximum Gasteiger partial charge on any atom is 0.303 e. The van der Waals surface area contributed by atoms with Crippen molar-refractivity contribution in [1.29, 1.82) is 0 Å². The van der Waals surface area contributed by atoms with Crippen molar-refractivity contribution in [3.05, 3.63) is 37.4 Å². The molecule has 6 nitrogen and oxygen atoms in total. The molecule has 2 heterocycles. The predicted molar refractivity (Wildman–Crippen MR) is 96.7 cm³/mol. The van der Waals surface area contributed by atoms with Gasteiger partial charge in [-0.05, 0) is 6.42 Å². The number of nitrogens with zero attached hydrogens (tertiary/aromatic N) is 2. The van der Waals surface area contributed by atoms with Crippen LogP contribution in [0.15, 0.2) is 37.4 Å². The van der Waals surface area contributed by atoms with Crippen LogP contribution in [0.25, 0.3) is 0 Å². The molecular weight excluding hydrogens is 304 g/mol. The number of hydrogen-bond donors (Lipinski definition) is 3. The van der Waals surface area contributed by atoms with Crippen LogP contribution in [0.2, 0.25) is 0 Å². The van der Waals surface area contributed by atoms with Crippen LogP contribution in [0.4, 0.5) is 0 Å². The van der Waals surface area contributed by atoms with Gasteiger partial charge in [-0.15, -0.1) is 0 Å². The van der Waals surface area contributed by atoms with Crippen LogP contribution in [-0.4, -0.2) is 31.0 Å². The van der Waals surface area contributed by atoms with Gasteiger partial charge in [-0.1, -0.05) is 58.3 Å². The van der Waals surface area contributed by atoms with E-state index in [1.165, 1.54) is 44.9 Å². The summed E-state index contributed by atoms with van der Waals surface area (Å²) in [5.41, 5.74) is 0. The van der Waals surface area contributed by atoms with Crippen LogP contribution in [-0.2, 0) is 4.79 Å². The Morgan fingerprint density at radius 2 is 1.29 bits per heavy atom. The average molecular weight is 336 g/mol. The largest absolute Gasteiger partial charge is 0.481 e. The smallest absolute Gasteiger partial charge is 0.303 e. The summed E-state index contributed by atoms with van der Waals surface area (Å²) in [5.74, 6) is -0.659. The number of aromatic amines is 2. The summed E-state index contributed by atoms with van der Waals surface area (Å²) in [4.78, 5) is 23.0. The molecule has 0 radical (unpaired) electrons. The Kier molecular flexibility index (Phi) is 17.3. The highest BCUT2D eigenvalue weighted by atomic mass is 16.4. The third-order valence-electron chi connectivity index (χ3n) is 3.31. The van der Waals surface area contributed by atoms with Crippen molar-refractivity contribution in [2.75, 3.05) is 0 Å². The minimum atomic E-state index is -0.659. The normalized spacial score (nSPS) is 9.38. The number of carbonyl (C=O) groups is 1. The van der Waals surface area contributed by atoms with Crippen molar-refractivity contribution in [3.63, 3.8) is 0 Å². The lowest BCUT2D eigenvalue weighted by Crippen LogP contribution is -1.93. The van der Waals surface area contributed by atoms with Gasteiger partial charge in [0, 0.05) is 31.2 Å². The first kappa shape index (κ1) is 21.9. The molecule has 136 valence electrons. The molecule has 0 bridgehead atoms. The third kappa shape index (κ3) is 19.9. The van der Waals surface area contributed by atoms with Gasteiger partial charge in [-0.25, -0.2) is 9.97 Å². The molecule has 0 unspecified atom stereocenters. The van der Waals surface area contributed by atoms with Gasteiger partial charge >= 0.3 is 5.97 Å². The molecule has 0 aliphatic rings. The third-order valence-corrected chi connectivity index (χ3v) is 3.31. The fourth-order valence-electron chi connectivity index (χ4n) is 2.02. The fourth-order valence-corrected chi connectivity index (χ4v) is 2.02. The minimum absolute atomic E-state index is 0.343.